The van der Waals surface area contributed by atoms with E-state index in [9.17, 15) is 14.4 Å². The van der Waals surface area contributed by atoms with Gasteiger partial charge in [-0.15, -0.1) is 0 Å². The molecule has 0 aromatic heterocycles. The van der Waals surface area contributed by atoms with Crippen LogP contribution in [0.25, 0.3) is 0 Å². The maximum Gasteiger partial charge on any atom is 0.262 e. The van der Waals surface area contributed by atoms with Crippen LogP contribution in [0.4, 0.5) is 0 Å². The van der Waals surface area contributed by atoms with Gasteiger partial charge in [-0.3, -0.25) is 30.1 Å². The molecule has 0 spiro atoms. The van der Waals surface area contributed by atoms with Gasteiger partial charge >= 0.3 is 0 Å². The molecule has 22 heavy (non-hydrogen) atoms. The molecule has 8 heteroatoms. The number of benzene rings is 1. The summed E-state index contributed by atoms with van der Waals surface area (Å²) in [5.74, 6) is -1.47. The first kappa shape index (κ1) is 15.9. The fraction of sp³-hybridized carbons (Fsp3) is 0.286. The largest absolute Gasteiger partial charge is 0.375 e. The molecular weight excluding hydrogens is 304 g/mol. The highest BCUT2D eigenvalue weighted by molar-refractivity contribution is 7.80. The molecule has 1 aliphatic rings. The van der Waals surface area contributed by atoms with Crippen LogP contribution >= 0.6 is 12.2 Å². The van der Waals surface area contributed by atoms with Gasteiger partial charge in [0.2, 0.25) is 0 Å². The molecule has 1 aliphatic heterocycles. The van der Waals surface area contributed by atoms with E-state index < -0.39 is 23.8 Å². The second-order valence-electron chi connectivity index (χ2n) is 4.81. The Morgan fingerprint density at radius 2 is 1.77 bits per heavy atom. The van der Waals surface area contributed by atoms with Gasteiger partial charge in [-0.1, -0.05) is 25.5 Å². The number of hydrogen-bond donors (Lipinski definition) is 3. The SMILES string of the molecule is CCCC(C(=O)NNC(N)=S)N1C(=O)c2ccccc2C1=O. The van der Waals surface area contributed by atoms with Gasteiger partial charge in [0.05, 0.1) is 11.1 Å². The number of nitrogens with one attached hydrogen (secondary N) is 2. The Balaban J connectivity index is 2.26. The van der Waals surface area contributed by atoms with Gasteiger partial charge in [-0.05, 0) is 30.8 Å². The molecule has 1 atom stereocenters. The molecule has 0 bridgehead atoms. The van der Waals surface area contributed by atoms with E-state index in [0.717, 1.165) is 4.90 Å². The average Bonchev–Trinajstić information content (AvgIpc) is 2.75. The minimum Gasteiger partial charge on any atom is -0.375 e. The fourth-order valence-electron chi connectivity index (χ4n) is 2.35. The molecular formula is C14H16N4O3S. The Hall–Kier alpha value is -2.48. The molecule has 116 valence electrons. The van der Waals surface area contributed by atoms with Crippen LogP contribution < -0.4 is 16.6 Å². The average molecular weight is 320 g/mol. The van der Waals surface area contributed by atoms with E-state index in [2.05, 4.69) is 23.1 Å². The maximum absolute atomic E-state index is 12.4. The number of carbonyl (C=O) groups is 3. The smallest absolute Gasteiger partial charge is 0.262 e. The predicted octanol–water partition coefficient (Wildman–Crippen LogP) is 0.316. The highest BCUT2D eigenvalue weighted by atomic mass is 32.1. The quantitative estimate of drug-likeness (QED) is 0.419. The number of thiocarbonyl (C=S) groups is 1. The van der Waals surface area contributed by atoms with Crippen molar-refractivity contribution in [3.63, 3.8) is 0 Å². The summed E-state index contributed by atoms with van der Waals surface area (Å²) in [4.78, 5) is 38.1. The van der Waals surface area contributed by atoms with E-state index in [1.54, 1.807) is 24.3 Å². The second kappa shape index (κ2) is 6.52. The number of amides is 3. The zero-order chi connectivity index (χ0) is 16.3. The number of fused-ring (bicyclic) bond motifs is 1. The summed E-state index contributed by atoms with van der Waals surface area (Å²) >= 11 is 4.61. The van der Waals surface area contributed by atoms with Crippen LogP contribution in [0.1, 0.15) is 40.5 Å². The van der Waals surface area contributed by atoms with Crippen LogP contribution in [0.5, 0.6) is 0 Å². The number of imide groups is 1. The zero-order valence-corrected chi connectivity index (χ0v) is 12.8. The van der Waals surface area contributed by atoms with Crippen molar-refractivity contribution >= 4 is 35.1 Å². The molecule has 0 fully saturated rings. The topological polar surface area (TPSA) is 105 Å². The van der Waals surface area contributed by atoms with Crippen molar-refractivity contribution in [3.8, 4) is 0 Å². The highest BCUT2D eigenvalue weighted by Crippen LogP contribution is 2.26. The first-order valence-corrected chi connectivity index (χ1v) is 7.20. The van der Waals surface area contributed by atoms with Crippen molar-refractivity contribution in [2.45, 2.75) is 25.8 Å². The summed E-state index contributed by atoms with van der Waals surface area (Å²) in [5, 5.41) is -0.106. The number of nitrogens with two attached hydrogens (primary N) is 1. The molecule has 7 nitrogen and oxygen atoms in total. The van der Waals surface area contributed by atoms with Gasteiger partial charge in [-0.2, -0.15) is 0 Å². The van der Waals surface area contributed by atoms with Crippen LogP contribution in [-0.2, 0) is 4.79 Å². The van der Waals surface area contributed by atoms with E-state index >= 15 is 0 Å². The van der Waals surface area contributed by atoms with Gasteiger partial charge in [-0.25, -0.2) is 0 Å². The van der Waals surface area contributed by atoms with Crippen molar-refractivity contribution in [3.05, 3.63) is 35.4 Å². The summed E-state index contributed by atoms with van der Waals surface area (Å²) in [5.41, 5.74) is 10.5. The number of carbonyl (C=O) groups excluding carboxylic acids is 3. The summed E-state index contributed by atoms with van der Waals surface area (Å²) in [6.07, 6.45) is 0.967. The molecule has 3 amide bonds. The Kier molecular flexibility index (Phi) is 4.71. The first-order valence-electron chi connectivity index (χ1n) is 6.79. The van der Waals surface area contributed by atoms with E-state index in [0.29, 0.717) is 24.0 Å². The molecule has 1 unspecified atom stereocenters. The third-order valence-corrected chi connectivity index (χ3v) is 3.41. The van der Waals surface area contributed by atoms with Gasteiger partial charge < -0.3 is 5.73 Å². The van der Waals surface area contributed by atoms with Crippen molar-refractivity contribution in [2.75, 3.05) is 0 Å². The Labute approximate surface area is 132 Å². The van der Waals surface area contributed by atoms with E-state index in [-0.39, 0.29) is 5.11 Å². The molecule has 0 saturated heterocycles. The van der Waals surface area contributed by atoms with Crippen LogP contribution in [0.15, 0.2) is 24.3 Å². The number of rotatable bonds is 4. The molecule has 1 aromatic rings. The van der Waals surface area contributed by atoms with E-state index in [1.165, 1.54) is 0 Å². The van der Waals surface area contributed by atoms with Crippen LogP contribution in [0.3, 0.4) is 0 Å². The zero-order valence-electron chi connectivity index (χ0n) is 12.0. The summed E-state index contributed by atoms with van der Waals surface area (Å²) in [6, 6.07) is 5.58. The Bertz CT molecular complexity index is 612. The Morgan fingerprint density at radius 3 is 2.23 bits per heavy atom. The van der Waals surface area contributed by atoms with E-state index in [1.807, 2.05) is 6.92 Å². The minimum atomic E-state index is -0.917. The van der Waals surface area contributed by atoms with Crippen LogP contribution in [0.2, 0.25) is 0 Å². The highest BCUT2D eigenvalue weighted by Gasteiger charge is 2.42. The molecule has 1 heterocycles. The van der Waals surface area contributed by atoms with Gasteiger partial charge in [0.1, 0.15) is 6.04 Å². The third-order valence-electron chi connectivity index (χ3n) is 3.31. The molecule has 4 N–H and O–H groups in total. The number of hydrazine groups is 1. The standard InChI is InChI=1S/C14H16N4O3S/c1-2-5-10(11(19)16-17-14(15)22)18-12(20)8-6-3-4-7-9(8)13(18)21/h3-4,6-7,10H,2,5H2,1H3,(H,16,19)(H3,15,17,22). The van der Waals surface area contributed by atoms with Crippen molar-refractivity contribution < 1.29 is 14.4 Å². The Morgan fingerprint density at radius 1 is 1.23 bits per heavy atom. The normalized spacial score (nSPS) is 14.5. The molecule has 0 aliphatic carbocycles. The lowest BCUT2D eigenvalue weighted by molar-refractivity contribution is -0.125. The monoisotopic (exact) mass is 320 g/mol. The lowest BCUT2D eigenvalue weighted by atomic mass is 10.1. The van der Waals surface area contributed by atoms with Gasteiger partial charge in [0.15, 0.2) is 5.11 Å². The molecule has 2 rings (SSSR count). The van der Waals surface area contributed by atoms with Gasteiger partial charge in [0.25, 0.3) is 17.7 Å². The predicted molar refractivity (Wildman–Crippen MR) is 83.7 cm³/mol. The van der Waals surface area contributed by atoms with Crippen LogP contribution in [0, 0.1) is 0 Å². The minimum absolute atomic E-state index is 0.106. The molecule has 1 aromatic carbocycles. The van der Waals surface area contributed by atoms with Crippen molar-refractivity contribution in [1.82, 2.24) is 15.8 Å². The van der Waals surface area contributed by atoms with Gasteiger partial charge in [0, 0.05) is 0 Å². The summed E-state index contributed by atoms with van der Waals surface area (Å²) in [6.45, 7) is 1.86. The molecule has 0 saturated carbocycles. The summed E-state index contributed by atoms with van der Waals surface area (Å²) in [7, 11) is 0. The maximum atomic E-state index is 12.4. The second-order valence-corrected chi connectivity index (χ2v) is 5.25. The fourth-order valence-corrected chi connectivity index (χ4v) is 2.40. The van der Waals surface area contributed by atoms with E-state index in [4.69, 9.17) is 5.73 Å². The van der Waals surface area contributed by atoms with Crippen molar-refractivity contribution in [1.29, 1.82) is 0 Å². The summed E-state index contributed by atoms with van der Waals surface area (Å²) < 4.78 is 0. The third kappa shape index (κ3) is 2.91. The lowest BCUT2D eigenvalue weighted by Gasteiger charge is -2.25. The van der Waals surface area contributed by atoms with Crippen molar-refractivity contribution in [2.24, 2.45) is 5.73 Å². The van der Waals surface area contributed by atoms with Crippen LogP contribution in [-0.4, -0.2) is 33.8 Å². The molecule has 0 radical (unpaired) electrons. The number of hydrogen-bond acceptors (Lipinski definition) is 4. The number of nitrogens with zero attached hydrogens (tertiary/aromatic N) is 1. The lowest BCUT2D eigenvalue weighted by Crippen LogP contribution is -2.54. The first-order chi connectivity index (χ1) is 10.5.